The molecule has 3 aliphatic rings. The number of hydrogen-bond donors (Lipinski definition) is 2. The molecule has 2 fully saturated rings. The van der Waals surface area contributed by atoms with Gasteiger partial charge in [-0.25, -0.2) is 9.59 Å². The monoisotopic (exact) mass is 476 g/mol. The Kier molecular flexibility index (Phi) is 6.26. The molecule has 0 radical (unpaired) electrons. The Hall–Kier alpha value is -3.35. The van der Waals surface area contributed by atoms with Crippen LogP contribution < -0.4 is 5.32 Å². The van der Waals surface area contributed by atoms with Gasteiger partial charge in [-0.1, -0.05) is 55.0 Å². The van der Waals surface area contributed by atoms with E-state index in [4.69, 9.17) is 4.74 Å². The lowest BCUT2D eigenvalue weighted by atomic mass is 9.74. The number of fused-ring (bicyclic) bond motifs is 3. The Morgan fingerprint density at radius 1 is 1.00 bits per heavy atom. The predicted octanol–water partition coefficient (Wildman–Crippen LogP) is 4.41. The average Bonchev–Trinajstić information content (AvgIpc) is 3.42. The molecule has 0 spiro atoms. The van der Waals surface area contributed by atoms with Crippen LogP contribution in [0.15, 0.2) is 48.5 Å². The molecule has 2 atom stereocenters. The Balaban J connectivity index is 1.17. The summed E-state index contributed by atoms with van der Waals surface area (Å²) in [6.45, 7) is 0.595. The second-order valence-corrected chi connectivity index (χ2v) is 10.1. The van der Waals surface area contributed by atoms with E-state index in [9.17, 15) is 19.5 Å². The quantitative estimate of drug-likeness (QED) is 0.617. The van der Waals surface area contributed by atoms with Gasteiger partial charge in [-0.2, -0.15) is 0 Å². The molecule has 184 valence electrons. The molecule has 0 saturated heterocycles. The number of amides is 2. The van der Waals surface area contributed by atoms with Crippen molar-refractivity contribution in [3.8, 4) is 11.1 Å². The number of aliphatic carboxylic acids is 1. The number of alkyl carbamates (subject to hydrolysis) is 1. The largest absolute Gasteiger partial charge is 0.479 e. The Morgan fingerprint density at radius 2 is 1.63 bits per heavy atom. The number of hydrogen-bond acceptors (Lipinski definition) is 4. The van der Waals surface area contributed by atoms with Crippen molar-refractivity contribution >= 4 is 18.0 Å². The van der Waals surface area contributed by atoms with Crippen LogP contribution in [0.4, 0.5) is 4.79 Å². The van der Waals surface area contributed by atoms with Crippen molar-refractivity contribution < 1.29 is 24.2 Å². The topological polar surface area (TPSA) is 95.9 Å². The van der Waals surface area contributed by atoms with Crippen LogP contribution in [0.5, 0.6) is 0 Å². The van der Waals surface area contributed by atoms with Crippen molar-refractivity contribution in [3.05, 3.63) is 59.7 Å². The molecule has 7 nitrogen and oxygen atoms in total. The standard InChI is InChI=1S/C28H32N2O5/c1-30(28(26(32)33)14-7-15-28)25(31)19-13-6-8-18(19)16-29-27(34)35-17-24-22-11-4-2-9-20(22)21-10-3-5-12-23(21)24/h2-5,9-12,18-19,24H,6-8,13-17H2,1H3,(H,29,34)(H,32,33)/t18-,19-/m1/s1. The summed E-state index contributed by atoms with van der Waals surface area (Å²) in [5, 5.41) is 12.6. The lowest BCUT2D eigenvalue weighted by molar-refractivity contribution is -0.166. The van der Waals surface area contributed by atoms with Gasteiger partial charge in [-0.05, 0) is 60.3 Å². The first-order valence-corrected chi connectivity index (χ1v) is 12.5. The maximum Gasteiger partial charge on any atom is 0.407 e. The van der Waals surface area contributed by atoms with Gasteiger partial charge in [0.05, 0.1) is 0 Å². The zero-order chi connectivity index (χ0) is 24.6. The van der Waals surface area contributed by atoms with Crippen molar-refractivity contribution in [2.24, 2.45) is 11.8 Å². The van der Waals surface area contributed by atoms with Crippen LogP contribution in [0.1, 0.15) is 55.6 Å². The highest BCUT2D eigenvalue weighted by atomic mass is 16.5. The van der Waals surface area contributed by atoms with E-state index in [0.29, 0.717) is 19.4 Å². The van der Waals surface area contributed by atoms with E-state index < -0.39 is 17.6 Å². The van der Waals surface area contributed by atoms with Crippen molar-refractivity contribution in [3.63, 3.8) is 0 Å². The molecule has 35 heavy (non-hydrogen) atoms. The third-order valence-corrected chi connectivity index (χ3v) is 8.38. The average molecular weight is 477 g/mol. The highest BCUT2D eigenvalue weighted by Gasteiger charge is 2.51. The maximum absolute atomic E-state index is 13.2. The van der Waals surface area contributed by atoms with Crippen LogP contribution in [0.25, 0.3) is 11.1 Å². The molecule has 2 amide bonds. The van der Waals surface area contributed by atoms with Crippen molar-refractivity contribution in [1.82, 2.24) is 10.2 Å². The molecule has 3 aliphatic carbocycles. The lowest BCUT2D eigenvalue weighted by Crippen LogP contribution is -2.61. The number of rotatable bonds is 7. The molecule has 2 saturated carbocycles. The second kappa shape index (κ2) is 9.36. The van der Waals surface area contributed by atoms with E-state index in [1.54, 1.807) is 7.05 Å². The number of carbonyl (C=O) groups excluding carboxylic acids is 2. The Bertz CT molecular complexity index is 1100. The van der Waals surface area contributed by atoms with Crippen molar-refractivity contribution in [1.29, 1.82) is 0 Å². The molecule has 2 N–H and O–H groups in total. The minimum atomic E-state index is -1.07. The normalized spacial score (nSPS) is 22.0. The fourth-order valence-corrected chi connectivity index (χ4v) is 6.13. The zero-order valence-corrected chi connectivity index (χ0v) is 20.0. The molecule has 5 rings (SSSR count). The van der Waals surface area contributed by atoms with Gasteiger partial charge < -0.3 is 20.1 Å². The summed E-state index contributed by atoms with van der Waals surface area (Å²) < 4.78 is 5.63. The van der Waals surface area contributed by atoms with E-state index in [2.05, 4.69) is 29.6 Å². The van der Waals surface area contributed by atoms with Crippen LogP contribution in [0.3, 0.4) is 0 Å². The molecule has 0 bridgehead atoms. The second-order valence-electron chi connectivity index (χ2n) is 10.1. The van der Waals surface area contributed by atoms with Gasteiger partial charge in [0, 0.05) is 25.4 Å². The molecule has 2 aromatic carbocycles. The predicted molar refractivity (Wildman–Crippen MR) is 131 cm³/mol. The summed E-state index contributed by atoms with van der Waals surface area (Å²) in [6.07, 6.45) is 3.77. The third-order valence-electron chi connectivity index (χ3n) is 8.38. The summed E-state index contributed by atoms with van der Waals surface area (Å²) in [7, 11) is 1.62. The fourth-order valence-electron chi connectivity index (χ4n) is 6.13. The fraction of sp³-hybridized carbons (Fsp3) is 0.464. The molecular weight excluding hydrogens is 444 g/mol. The number of likely N-dealkylation sites (N-methyl/N-ethyl adjacent to an activating group) is 1. The summed E-state index contributed by atoms with van der Waals surface area (Å²) in [4.78, 5) is 39.1. The van der Waals surface area contributed by atoms with Gasteiger partial charge in [-0.3, -0.25) is 4.79 Å². The minimum absolute atomic E-state index is 0.00251. The Labute approximate surface area is 205 Å². The lowest BCUT2D eigenvalue weighted by Gasteiger charge is -2.46. The van der Waals surface area contributed by atoms with E-state index in [1.807, 2.05) is 24.3 Å². The number of carbonyl (C=O) groups is 3. The van der Waals surface area contributed by atoms with E-state index >= 15 is 0 Å². The molecule has 0 aliphatic heterocycles. The van der Waals surface area contributed by atoms with Crippen LogP contribution in [0.2, 0.25) is 0 Å². The highest BCUT2D eigenvalue weighted by molar-refractivity contribution is 5.89. The maximum atomic E-state index is 13.2. The van der Waals surface area contributed by atoms with E-state index in [-0.39, 0.29) is 30.3 Å². The van der Waals surface area contributed by atoms with Gasteiger partial charge in [-0.15, -0.1) is 0 Å². The van der Waals surface area contributed by atoms with Crippen LogP contribution in [-0.4, -0.2) is 53.7 Å². The number of nitrogens with zero attached hydrogens (tertiary/aromatic N) is 1. The first-order chi connectivity index (χ1) is 16.9. The summed E-state index contributed by atoms with van der Waals surface area (Å²) in [6, 6.07) is 16.4. The first kappa shape index (κ1) is 23.4. The molecule has 2 aromatic rings. The number of carboxylic acid groups (broad SMARTS) is 1. The molecule has 0 aromatic heterocycles. The van der Waals surface area contributed by atoms with Gasteiger partial charge in [0.25, 0.3) is 0 Å². The number of ether oxygens (including phenoxy) is 1. The van der Waals surface area contributed by atoms with Crippen molar-refractivity contribution in [2.45, 2.75) is 50.0 Å². The number of carboxylic acids is 1. The smallest absolute Gasteiger partial charge is 0.407 e. The van der Waals surface area contributed by atoms with Crippen molar-refractivity contribution in [2.75, 3.05) is 20.2 Å². The summed E-state index contributed by atoms with van der Waals surface area (Å²) in [5.74, 6) is -1.34. The zero-order valence-electron chi connectivity index (χ0n) is 20.0. The van der Waals surface area contributed by atoms with Gasteiger partial charge >= 0.3 is 12.1 Å². The van der Waals surface area contributed by atoms with Crippen LogP contribution >= 0.6 is 0 Å². The first-order valence-electron chi connectivity index (χ1n) is 12.5. The molecule has 0 unspecified atom stereocenters. The highest BCUT2D eigenvalue weighted by Crippen LogP contribution is 2.44. The Morgan fingerprint density at radius 3 is 2.20 bits per heavy atom. The van der Waals surface area contributed by atoms with Crippen LogP contribution in [0, 0.1) is 11.8 Å². The summed E-state index contributed by atoms with van der Waals surface area (Å²) in [5.41, 5.74) is 3.62. The molecular formula is C28H32N2O5. The molecule has 0 heterocycles. The van der Waals surface area contributed by atoms with Gasteiger partial charge in [0.2, 0.25) is 5.91 Å². The molecule has 7 heteroatoms. The summed E-state index contributed by atoms with van der Waals surface area (Å²) >= 11 is 0. The van der Waals surface area contributed by atoms with Crippen LogP contribution in [-0.2, 0) is 14.3 Å². The third kappa shape index (κ3) is 4.07. The number of nitrogens with one attached hydrogen (secondary N) is 1. The SMILES string of the molecule is CN(C(=O)[C@@H]1CCC[C@@H]1CNC(=O)OCC1c2ccccc2-c2ccccc21)C1(C(=O)O)CCC1. The van der Waals surface area contributed by atoms with E-state index in [0.717, 1.165) is 36.8 Å². The van der Waals surface area contributed by atoms with Gasteiger partial charge in [0.1, 0.15) is 12.1 Å². The van der Waals surface area contributed by atoms with E-state index in [1.165, 1.54) is 16.0 Å². The number of benzene rings is 2. The minimum Gasteiger partial charge on any atom is -0.479 e. The van der Waals surface area contributed by atoms with Gasteiger partial charge in [0.15, 0.2) is 0 Å².